The van der Waals surface area contributed by atoms with Crippen molar-refractivity contribution < 1.29 is 0 Å². The molecule has 0 saturated carbocycles. The summed E-state index contributed by atoms with van der Waals surface area (Å²) in [4.78, 5) is 9.89. The van der Waals surface area contributed by atoms with Crippen molar-refractivity contribution in [2.45, 2.75) is 0 Å². The zero-order valence-corrected chi connectivity index (χ0v) is 22.8. The monoisotopic (exact) mass is 535 g/mol. The predicted octanol–water partition coefficient (Wildman–Crippen LogP) is 9.84. The minimum Gasteiger partial charge on any atom is -0.228 e. The second-order valence-corrected chi connectivity index (χ2v) is 10.2. The maximum absolute atomic E-state index is 9.04. The molecule has 0 atom stereocenters. The second kappa shape index (κ2) is 11.0. The Hall–Kier alpha value is -5.85. The Labute approximate surface area is 245 Å². The van der Waals surface area contributed by atoms with E-state index in [-0.39, 0.29) is 0 Å². The molecule has 0 bridgehead atoms. The highest BCUT2D eigenvalue weighted by Gasteiger charge is 2.11. The highest BCUT2D eigenvalue weighted by molar-refractivity contribution is 5.93. The van der Waals surface area contributed by atoms with Crippen molar-refractivity contribution in [2.75, 3.05) is 0 Å². The third-order valence-electron chi connectivity index (χ3n) is 7.58. The molecular formula is C39H25N3. The van der Waals surface area contributed by atoms with Crippen molar-refractivity contribution in [3.05, 3.63) is 157 Å². The van der Waals surface area contributed by atoms with Crippen LogP contribution in [0.4, 0.5) is 0 Å². The van der Waals surface area contributed by atoms with Crippen LogP contribution in [0.1, 0.15) is 5.56 Å². The molecule has 0 radical (unpaired) electrons. The summed E-state index contributed by atoms with van der Waals surface area (Å²) in [5.74, 6) is 0.721. The van der Waals surface area contributed by atoms with Crippen LogP contribution in [0.5, 0.6) is 0 Å². The SMILES string of the molecule is N#Cc1ccc(-c2ccc(-c3ccc(-c4ccc(-c5nc(-c6ccccc6)c6ccccc6n5)cc4)cc3)cc2)cc1. The number of hydrogen-bond donors (Lipinski definition) is 0. The van der Waals surface area contributed by atoms with Crippen LogP contribution < -0.4 is 0 Å². The van der Waals surface area contributed by atoms with Crippen LogP contribution in [0, 0.1) is 11.3 Å². The molecule has 0 aliphatic carbocycles. The van der Waals surface area contributed by atoms with E-state index in [0.717, 1.165) is 61.4 Å². The van der Waals surface area contributed by atoms with Gasteiger partial charge in [0.25, 0.3) is 0 Å². The molecule has 6 aromatic carbocycles. The Balaban J connectivity index is 1.13. The van der Waals surface area contributed by atoms with Gasteiger partial charge in [0.15, 0.2) is 5.82 Å². The maximum atomic E-state index is 9.04. The normalized spacial score (nSPS) is 10.8. The van der Waals surface area contributed by atoms with Crippen molar-refractivity contribution in [1.29, 1.82) is 5.26 Å². The fraction of sp³-hybridized carbons (Fsp3) is 0. The minimum atomic E-state index is 0.671. The van der Waals surface area contributed by atoms with Crippen LogP contribution in [0.2, 0.25) is 0 Å². The quantitative estimate of drug-likeness (QED) is 0.220. The van der Waals surface area contributed by atoms with Crippen LogP contribution in [-0.2, 0) is 0 Å². The number of nitrogens with zero attached hydrogens (tertiary/aromatic N) is 3. The molecule has 7 aromatic rings. The molecule has 0 spiro atoms. The van der Waals surface area contributed by atoms with Gasteiger partial charge in [-0.25, -0.2) is 9.97 Å². The van der Waals surface area contributed by atoms with Crippen molar-refractivity contribution in [1.82, 2.24) is 9.97 Å². The van der Waals surface area contributed by atoms with Crippen LogP contribution in [0.15, 0.2) is 152 Å². The van der Waals surface area contributed by atoms with E-state index in [9.17, 15) is 0 Å². The number of fused-ring (bicyclic) bond motifs is 1. The number of hydrogen-bond acceptors (Lipinski definition) is 3. The number of benzene rings is 6. The van der Waals surface area contributed by atoms with E-state index < -0.39 is 0 Å². The molecule has 42 heavy (non-hydrogen) atoms. The fourth-order valence-corrected chi connectivity index (χ4v) is 5.28. The molecule has 0 unspecified atom stereocenters. The third-order valence-corrected chi connectivity index (χ3v) is 7.58. The summed E-state index contributed by atoms with van der Waals surface area (Å²) >= 11 is 0. The average molecular weight is 536 g/mol. The van der Waals surface area contributed by atoms with Gasteiger partial charge in [-0.05, 0) is 51.6 Å². The van der Waals surface area contributed by atoms with Gasteiger partial charge in [-0.2, -0.15) is 5.26 Å². The highest BCUT2D eigenvalue weighted by Crippen LogP contribution is 2.31. The van der Waals surface area contributed by atoms with Crippen molar-refractivity contribution in [2.24, 2.45) is 0 Å². The molecule has 0 aliphatic rings. The first-order valence-corrected chi connectivity index (χ1v) is 13.9. The van der Waals surface area contributed by atoms with Gasteiger partial charge in [-0.1, -0.05) is 133 Å². The average Bonchev–Trinajstić information content (AvgIpc) is 3.08. The topological polar surface area (TPSA) is 49.6 Å². The standard InChI is InChI=1S/C39H25N3/c40-26-27-10-12-28(13-11-27)29-14-16-30(17-15-29)31-18-20-32(21-19-31)33-22-24-35(25-23-33)39-41-37-9-5-4-8-36(37)38(42-39)34-6-2-1-3-7-34/h1-25H. The van der Waals surface area contributed by atoms with Gasteiger partial charge in [-0.15, -0.1) is 0 Å². The van der Waals surface area contributed by atoms with E-state index in [4.69, 9.17) is 15.2 Å². The number of rotatable bonds is 5. The molecule has 3 heteroatoms. The summed E-state index contributed by atoms with van der Waals surface area (Å²) < 4.78 is 0. The predicted molar refractivity (Wildman–Crippen MR) is 171 cm³/mol. The third kappa shape index (κ3) is 4.94. The summed E-state index contributed by atoms with van der Waals surface area (Å²) in [7, 11) is 0. The van der Waals surface area contributed by atoms with E-state index >= 15 is 0 Å². The highest BCUT2D eigenvalue weighted by atomic mass is 14.9. The minimum absolute atomic E-state index is 0.671. The summed E-state index contributed by atoms with van der Waals surface area (Å²) in [5.41, 5.74) is 11.5. The Morgan fingerprint density at radius 1 is 0.381 bits per heavy atom. The Kier molecular flexibility index (Phi) is 6.56. The van der Waals surface area contributed by atoms with Crippen molar-refractivity contribution in [3.63, 3.8) is 0 Å². The van der Waals surface area contributed by atoms with Crippen LogP contribution in [-0.4, -0.2) is 9.97 Å². The summed E-state index contributed by atoms with van der Waals surface area (Å²) in [6.45, 7) is 0. The van der Waals surface area contributed by atoms with E-state index in [1.165, 1.54) is 5.56 Å². The van der Waals surface area contributed by atoms with Crippen LogP contribution in [0.25, 0.3) is 66.9 Å². The lowest BCUT2D eigenvalue weighted by Gasteiger charge is -2.10. The van der Waals surface area contributed by atoms with Gasteiger partial charge < -0.3 is 0 Å². The Bertz CT molecular complexity index is 2040. The van der Waals surface area contributed by atoms with Gasteiger partial charge in [0.2, 0.25) is 0 Å². The Morgan fingerprint density at radius 2 is 0.810 bits per heavy atom. The van der Waals surface area contributed by atoms with Crippen LogP contribution >= 0.6 is 0 Å². The first kappa shape index (κ1) is 25.1. The molecule has 1 aromatic heterocycles. The zero-order valence-electron chi connectivity index (χ0n) is 22.8. The molecule has 0 aliphatic heterocycles. The van der Waals surface area contributed by atoms with Gasteiger partial charge in [0.05, 0.1) is 22.8 Å². The lowest BCUT2D eigenvalue weighted by atomic mass is 9.97. The van der Waals surface area contributed by atoms with E-state index in [2.05, 4.69) is 97.1 Å². The molecule has 3 nitrogen and oxygen atoms in total. The molecule has 0 N–H and O–H groups in total. The molecule has 7 rings (SSSR count). The lowest BCUT2D eigenvalue weighted by Crippen LogP contribution is -1.95. The molecule has 0 amide bonds. The fourth-order valence-electron chi connectivity index (χ4n) is 5.28. The summed E-state index contributed by atoms with van der Waals surface area (Å²) in [5, 5.41) is 10.1. The zero-order chi connectivity index (χ0) is 28.3. The first-order chi connectivity index (χ1) is 20.7. The lowest BCUT2D eigenvalue weighted by molar-refractivity contribution is 1.23. The smallest absolute Gasteiger partial charge is 0.160 e. The largest absolute Gasteiger partial charge is 0.228 e. The number of para-hydroxylation sites is 1. The molecular weight excluding hydrogens is 510 g/mol. The van der Waals surface area contributed by atoms with E-state index in [0.29, 0.717) is 5.56 Å². The molecule has 1 heterocycles. The Morgan fingerprint density at radius 3 is 1.31 bits per heavy atom. The van der Waals surface area contributed by atoms with Gasteiger partial charge in [0.1, 0.15) is 0 Å². The van der Waals surface area contributed by atoms with Crippen LogP contribution in [0.3, 0.4) is 0 Å². The van der Waals surface area contributed by atoms with Gasteiger partial charge in [0, 0.05) is 16.5 Å². The first-order valence-electron chi connectivity index (χ1n) is 13.9. The second-order valence-electron chi connectivity index (χ2n) is 10.2. The van der Waals surface area contributed by atoms with E-state index in [1.807, 2.05) is 60.7 Å². The van der Waals surface area contributed by atoms with Gasteiger partial charge >= 0.3 is 0 Å². The molecule has 0 saturated heterocycles. The summed E-state index contributed by atoms with van der Waals surface area (Å²) in [6, 6.07) is 54.0. The maximum Gasteiger partial charge on any atom is 0.160 e. The van der Waals surface area contributed by atoms with Crippen molar-refractivity contribution >= 4 is 10.9 Å². The molecule has 196 valence electrons. The summed E-state index contributed by atoms with van der Waals surface area (Å²) in [6.07, 6.45) is 0. The van der Waals surface area contributed by atoms with Crippen molar-refractivity contribution in [3.8, 4) is 62.1 Å². The number of aromatic nitrogens is 2. The van der Waals surface area contributed by atoms with E-state index in [1.54, 1.807) is 0 Å². The van der Waals surface area contributed by atoms with Gasteiger partial charge in [-0.3, -0.25) is 0 Å². The molecule has 0 fully saturated rings. The number of nitriles is 1.